The van der Waals surface area contributed by atoms with Gasteiger partial charge in [-0.25, -0.2) is 4.98 Å². The fourth-order valence-corrected chi connectivity index (χ4v) is 4.90. The van der Waals surface area contributed by atoms with Gasteiger partial charge in [-0.2, -0.15) is 21.0 Å². The number of aromatic nitrogens is 3. The second kappa shape index (κ2) is 9.23. The highest BCUT2D eigenvalue weighted by atomic mass is 32.1. The summed E-state index contributed by atoms with van der Waals surface area (Å²) in [7, 11) is 2.04. The molecule has 0 unspecified atom stereocenters. The fraction of sp³-hybridized carbons (Fsp3) is 0.240. The number of hydrogen-bond donors (Lipinski definition) is 1. The third-order valence-electron chi connectivity index (χ3n) is 6.19. The third kappa shape index (κ3) is 4.57. The zero-order valence-electron chi connectivity index (χ0n) is 18.9. The van der Waals surface area contributed by atoms with Crippen LogP contribution in [0.15, 0.2) is 59.4 Å². The van der Waals surface area contributed by atoms with Crippen molar-refractivity contribution in [2.45, 2.75) is 25.8 Å². The van der Waals surface area contributed by atoms with Crippen LogP contribution in [0.4, 0.5) is 5.82 Å². The first-order valence-electron chi connectivity index (χ1n) is 11.3. The van der Waals surface area contributed by atoms with Crippen LogP contribution in [0, 0.1) is 6.92 Å². The molecule has 0 aliphatic carbocycles. The van der Waals surface area contributed by atoms with E-state index in [1.165, 1.54) is 5.56 Å². The Labute approximate surface area is 198 Å². The summed E-state index contributed by atoms with van der Waals surface area (Å²) in [5.41, 5.74) is 6.25. The van der Waals surface area contributed by atoms with Crippen molar-refractivity contribution >= 4 is 48.1 Å². The predicted octanol–water partition coefficient (Wildman–Crippen LogP) is 3.14. The molecule has 33 heavy (non-hydrogen) atoms. The van der Waals surface area contributed by atoms with Crippen LogP contribution >= 0.6 is 11.3 Å². The summed E-state index contributed by atoms with van der Waals surface area (Å²) in [4.78, 5) is 19.4. The Kier molecular flexibility index (Phi) is 6.00. The maximum atomic E-state index is 12.6. The molecule has 0 bridgehead atoms. The molecule has 1 amide bonds. The van der Waals surface area contributed by atoms with Gasteiger partial charge in [0, 0.05) is 43.0 Å². The Morgan fingerprint density at radius 3 is 2.82 bits per heavy atom. The SMILES string of the molecule is Bc1cnn2c(NC3CCN(C(=O)/C=C/c4ccsc4)CC3)cc(-c3ccccc3C)nc12. The summed E-state index contributed by atoms with van der Waals surface area (Å²) in [5, 5.41) is 12.3. The lowest BCUT2D eigenvalue weighted by molar-refractivity contribution is -0.126. The molecule has 0 spiro atoms. The van der Waals surface area contributed by atoms with Gasteiger partial charge in [-0.05, 0) is 59.3 Å². The molecule has 6 nitrogen and oxygen atoms in total. The summed E-state index contributed by atoms with van der Waals surface area (Å²) in [6.45, 7) is 3.58. The highest BCUT2D eigenvalue weighted by Crippen LogP contribution is 2.26. The average molecular weight is 455 g/mol. The first-order valence-corrected chi connectivity index (χ1v) is 12.2. The minimum absolute atomic E-state index is 0.0792. The molecule has 0 atom stereocenters. The molecule has 1 fully saturated rings. The lowest BCUT2D eigenvalue weighted by atomic mass is 10.00. The number of carbonyl (C=O) groups is 1. The summed E-state index contributed by atoms with van der Waals surface area (Å²) >= 11 is 1.63. The minimum atomic E-state index is 0.0792. The number of anilines is 1. The van der Waals surface area contributed by atoms with E-state index in [1.54, 1.807) is 17.4 Å². The molecule has 1 saturated heterocycles. The van der Waals surface area contributed by atoms with Crippen molar-refractivity contribution in [3.63, 3.8) is 0 Å². The van der Waals surface area contributed by atoms with Gasteiger partial charge in [0.05, 0.1) is 5.69 Å². The zero-order chi connectivity index (χ0) is 22.8. The number of hydrogen-bond acceptors (Lipinski definition) is 5. The molecular weight excluding hydrogens is 429 g/mol. The Hall–Kier alpha value is -3.39. The second-order valence-corrected chi connectivity index (χ2v) is 9.32. The highest BCUT2D eigenvalue weighted by Gasteiger charge is 2.23. The van der Waals surface area contributed by atoms with Gasteiger partial charge in [-0.3, -0.25) is 4.79 Å². The molecule has 3 aromatic heterocycles. The molecule has 0 radical (unpaired) electrons. The number of fused-ring (bicyclic) bond motifs is 1. The van der Waals surface area contributed by atoms with E-state index >= 15 is 0 Å². The molecule has 1 aliphatic heterocycles. The number of nitrogens with zero attached hydrogens (tertiary/aromatic N) is 4. The number of nitrogens with one attached hydrogen (secondary N) is 1. The summed E-state index contributed by atoms with van der Waals surface area (Å²) in [5.74, 6) is 1.02. The number of thiophene rings is 1. The second-order valence-electron chi connectivity index (χ2n) is 8.54. The Balaban J connectivity index is 1.32. The lowest BCUT2D eigenvalue weighted by Gasteiger charge is -2.32. The van der Waals surface area contributed by atoms with Crippen molar-refractivity contribution in [2.75, 3.05) is 18.4 Å². The number of carbonyl (C=O) groups excluding carboxylic acids is 1. The molecule has 1 aromatic carbocycles. The lowest BCUT2D eigenvalue weighted by Crippen LogP contribution is -2.42. The minimum Gasteiger partial charge on any atom is -0.367 e. The number of aryl methyl sites for hydroxylation is 1. The first-order chi connectivity index (χ1) is 16.1. The molecular formula is C25H26BN5OS. The molecule has 1 N–H and O–H groups in total. The quantitative estimate of drug-likeness (QED) is 0.371. The van der Waals surface area contributed by atoms with Gasteiger partial charge in [0.2, 0.25) is 5.91 Å². The van der Waals surface area contributed by atoms with Crippen LogP contribution in [0.25, 0.3) is 23.0 Å². The van der Waals surface area contributed by atoms with E-state index in [4.69, 9.17) is 4.98 Å². The molecule has 1 aliphatic rings. The van der Waals surface area contributed by atoms with E-state index < -0.39 is 0 Å². The van der Waals surface area contributed by atoms with Crippen LogP contribution in [0.3, 0.4) is 0 Å². The summed E-state index contributed by atoms with van der Waals surface area (Å²) in [6.07, 6.45) is 7.22. The maximum Gasteiger partial charge on any atom is 0.246 e. The number of benzene rings is 1. The van der Waals surface area contributed by atoms with Crippen LogP contribution < -0.4 is 10.8 Å². The number of likely N-dealkylation sites (tertiary alicyclic amines) is 1. The fourth-order valence-electron chi connectivity index (χ4n) is 4.27. The monoisotopic (exact) mass is 455 g/mol. The Morgan fingerprint density at radius 1 is 1.24 bits per heavy atom. The molecule has 0 saturated carbocycles. The van der Waals surface area contributed by atoms with Crippen molar-refractivity contribution in [1.82, 2.24) is 19.5 Å². The van der Waals surface area contributed by atoms with Crippen LogP contribution in [0.2, 0.25) is 0 Å². The zero-order valence-corrected chi connectivity index (χ0v) is 19.7. The van der Waals surface area contributed by atoms with Gasteiger partial charge in [-0.1, -0.05) is 24.3 Å². The normalized spacial score (nSPS) is 14.9. The van der Waals surface area contributed by atoms with E-state index in [2.05, 4.69) is 35.5 Å². The van der Waals surface area contributed by atoms with Crippen molar-refractivity contribution in [3.05, 3.63) is 70.6 Å². The molecule has 4 heterocycles. The molecule has 166 valence electrons. The van der Waals surface area contributed by atoms with Crippen LogP contribution in [-0.4, -0.2) is 52.4 Å². The van der Waals surface area contributed by atoms with E-state index in [1.807, 2.05) is 58.5 Å². The van der Waals surface area contributed by atoms with Crippen LogP contribution in [0.5, 0.6) is 0 Å². The smallest absolute Gasteiger partial charge is 0.246 e. The van der Waals surface area contributed by atoms with Crippen molar-refractivity contribution < 1.29 is 4.79 Å². The van der Waals surface area contributed by atoms with E-state index in [-0.39, 0.29) is 11.9 Å². The average Bonchev–Trinajstić information content (AvgIpc) is 3.48. The van der Waals surface area contributed by atoms with Gasteiger partial charge >= 0.3 is 0 Å². The number of rotatable bonds is 5. The number of amides is 1. The number of piperidine rings is 1. The van der Waals surface area contributed by atoms with Gasteiger partial charge < -0.3 is 10.2 Å². The topological polar surface area (TPSA) is 62.5 Å². The van der Waals surface area contributed by atoms with Crippen LogP contribution in [-0.2, 0) is 4.79 Å². The molecule has 4 aromatic rings. The van der Waals surface area contributed by atoms with E-state index in [0.717, 1.165) is 59.7 Å². The summed E-state index contributed by atoms with van der Waals surface area (Å²) < 4.78 is 1.89. The first kappa shape index (κ1) is 21.5. The standard InChI is InChI=1S/C25H26BN5OS/c1-17-4-2-3-5-20(17)22-14-23(31-25(29-22)21(26)15-27-31)28-19-8-11-30(12-9-19)24(32)7-6-18-10-13-33-16-18/h2-7,10,13-16,19,28H,8-9,11-12,26H2,1H3/b7-6+. The third-order valence-corrected chi connectivity index (χ3v) is 6.89. The van der Waals surface area contributed by atoms with Crippen molar-refractivity contribution in [2.24, 2.45) is 0 Å². The van der Waals surface area contributed by atoms with E-state index in [9.17, 15) is 4.79 Å². The Morgan fingerprint density at radius 2 is 2.06 bits per heavy atom. The predicted molar refractivity (Wildman–Crippen MR) is 138 cm³/mol. The molecule has 5 rings (SSSR count). The Bertz CT molecular complexity index is 1310. The maximum absolute atomic E-state index is 12.6. The largest absolute Gasteiger partial charge is 0.367 e. The van der Waals surface area contributed by atoms with Gasteiger partial charge in [-0.15, -0.1) is 0 Å². The van der Waals surface area contributed by atoms with E-state index in [0.29, 0.717) is 0 Å². The van der Waals surface area contributed by atoms with Gasteiger partial charge in [0.1, 0.15) is 13.7 Å². The van der Waals surface area contributed by atoms with Gasteiger partial charge in [0.15, 0.2) is 5.65 Å². The highest BCUT2D eigenvalue weighted by molar-refractivity contribution is 7.08. The summed E-state index contributed by atoms with van der Waals surface area (Å²) in [6, 6.07) is 12.7. The van der Waals surface area contributed by atoms with Gasteiger partial charge in [0.25, 0.3) is 0 Å². The van der Waals surface area contributed by atoms with Crippen molar-refractivity contribution in [1.29, 1.82) is 0 Å². The molecule has 8 heteroatoms. The van der Waals surface area contributed by atoms with Crippen LogP contribution in [0.1, 0.15) is 24.0 Å². The van der Waals surface area contributed by atoms with Crippen molar-refractivity contribution in [3.8, 4) is 11.3 Å².